The summed E-state index contributed by atoms with van der Waals surface area (Å²) in [5, 5.41) is 6.08. The Labute approximate surface area is 126 Å². The summed E-state index contributed by atoms with van der Waals surface area (Å²) in [7, 11) is 0. The third kappa shape index (κ3) is 2.46. The molecule has 5 heteroatoms. The van der Waals surface area contributed by atoms with Gasteiger partial charge in [0.15, 0.2) is 0 Å². The average Bonchev–Trinajstić information content (AvgIpc) is 3.03. The predicted molar refractivity (Wildman–Crippen MR) is 81.9 cm³/mol. The third-order valence-electron chi connectivity index (χ3n) is 3.81. The van der Waals surface area contributed by atoms with Gasteiger partial charge in [-0.3, -0.25) is 10.1 Å². The summed E-state index contributed by atoms with van der Waals surface area (Å²) in [5.74, 6) is -0.304. The zero-order chi connectivity index (χ0) is 14.2. The lowest BCUT2D eigenvalue weighted by Gasteiger charge is -2.26. The van der Waals surface area contributed by atoms with E-state index < -0.39 is 5.54 Å². The van der Waals surface area contributed by atoms with Crippen molar-refractivity contribution in [3.8, 4) is 0 Å². The molecule has 1 amide bonds. The first-order valence-electron chi connectivity index (χ1n) is 6.44. The maximum atomic E-state index is 12.0. The van der Waals surface area contributed by atoms with Gasteiger partial charge in [-0.25, -0.2) is 0 Å². The molecule has 3 N–H and O–H groups in total. The van der Waals surface area contributed by atoms with Crippen LogP contribution < -0.4 is 11.1 Å². The van der Waals surface area contributed by atoms with E-state index in [1.165, 1.54) is 4.88 Å². The van der Waals surface area contributed by atoms with Gasteiger partial charge in [0.05, 0.1) is 0 Å². The van der Waals surface area contributed by atoms with Crippen LogP contribution in [0.25, 0.3) is 0 Å². The van der Waals surface area contributed by atoms with E-state index in [-0.39, 0.29) is 5.91 Å². The largest absolute Gasteiger partial charge is 0.368 e. The molecule has 0 bridgehead atoms. The van der Waals surface area contributed by atoms with Crippen LogP contribution in [0.2, 0.25) is 5.02 Å². The molecule has 0 saturated heterocycles. The Morgan fingerprint density at radius 2 is 2.15 bits per heavy atom. The molecule has 3 nitrogen and oxygen atoms in total. The van der Waals surface area contributed by atoms with Gasteiger partial charge in [0, 0.05) is 29.3 Å². The molecule has 0 spiro atoms. The van der Waals surface area contributed by atoms with Crippen LogP contribution in [0.15, 0.2) is 35.7 Å². The summed E-state index contributed by atoms with van der Waals surface area (Å²) in [5.41, 5.74) is 7.21. The molecule has 0 radical (unpaired) electrons. The van der Waals surface area contributed by atoms with Crippen molar-refractivity contribution in [2.45, 2.75) is 24.9 Å². The molecule has 20 heavy (non-hydrogen) atoms. The van der Waals surface area contributed by atoms with Gasteiger partial charge in [0.1, 0.15) is 5.54 Å². The summed E-state index contributed by atoms with van der Waals surface area (Å²) in [6.07, 6.45) is 1.23. The Bertz CT molecular complexity index is 641. The number of carbonyl (C=O) groups is 1. The molecule has 104 valence electrons. The number of carbonyl (C=O) groups excluding carboxylic acids is 1. The molecule has 1 atom stereocenters. The van der Waals surface area contributed by atoms with Crippen molar-refractivity contribution in [3.05, 3.63) is 56.7 Å². The number of hydrogen-bond donors (Lipinski definition) is 2. The summed E-state index contributed by atoms with van der Waals surface area (Å²) < 4.78 is 0. The molecule has 1 aliphatic carbocycles. The number of benzene rings is 1. The number of halogens is 1. The number of nitrogens with one attached hydrogen (secondary N) is 1. The molecule has 0 fully saturated rings. The van der Waals surface area contributed by atoms with E-state index in [9.17, 15) is 4.79 Å². The second-order valence-corrected chi connectivity index (χ2v) is 6.61. The highest BCUT2D eigenvalue weighted by Crippen LogP contribution is 2.32. The monoisotopic (exact) mass is 306 g/mol. The van der Waals surface area contributed by atoms with E-state index in [1.807, 2.05) is 35.7 Å². The molecule has 1 heterocycles. The Hall–Kier alpha value is -1.36. The van der Waals surface area contributed by atoms with Gasteiger partial charge in [-0.2, -0.15) is 0 Å². The molecule has 0 saturated carbocycles. The van der Waals surface area contributed by atoms with Crippen LogP contribution in [0.1, 0.15) is 16.0 Å². The Morgan fingerprint density at radius 3 is 2.85 bits per heavy atom. The van der Waals surface area contributed by atoms with Crippen molar-refractivity contribution < 1.29 is 4.79 Å². The van der Waals surface area contributed by atoms with Crippen molar-refractivity contribution in [1.29, 1.82) is 0 Å². The molecule has 1 aliphatic rings. The Kier molecular flexibility index (Phi) is 3.54. The van der Waals surface area contributed by atoms with Crippen LogP contribution in [0.5, 0.6) is 0 Å². The lowest BCUT2D eigenvalue weighted by Crippen LogP contribution is -2.55. The average molecular weight is 307 g/mol. The third-order valence-corrected chi connectivity index (χ3v) is 4.92. The van der Waals surface area contributed by atoms with Gasteiger partial charge in [-0.15, -0.1) is 11.3 Å². The maximum absolute atomic E-state index is 12.0. The molecular formula is C15H15ClN2OS. The molecule has 1 aromatic carbocycles. The summed E-state index contributed by atoms with van der Waals surface area (Å²) >= 11 is 7.69. The van der Waals surface area contributed by atoms with Crippen LogP contribution in [-0.4, -0.2) is 11.4 Å². The zero-order valence-corrected chi connectivity index (χ0v) is 12.4. The molecule has 3 rings (SSSR count). The number of hydrogen-bond acceptors (Lipinski definition) is 3. The maximum Gasteiger partial charge on any atom is 0.238 e. The van der Waals surface area contributed by atoms with Crippen LogP contribution in [0.4, 0.5) is 0 Å². The number of amides is 1. The molecule has 1 unspecified atom stereocenters. The lowest BCUT2D eigenvalue weighted by molar-refractivity contribution is -0.124. The van der Waals surface area contributed by atoms with Gasteiger partial charge in [-0.05, 0) is 34.7 Å². The standard InChI is InChI=1S/C15H15ClN2OS/c16-12-4-3-10-7-15(14(17)19,8-11(10)6-12)18-9-13-2-1-5-20-13/h1-6,18H,7-9H2,(H2,17,19). The smallest absolute Gasteiger partial charge is 0.238 e. The van der Waals surface area contributed by atoms with Gasteiger partial charge >= 0.3 is 0 Å². The summed E-state index contributed by atoms with van der Waals surface area (Å²) in [4.78, 5) is 13.2. The second-order valence-electron chi connectivity index (χ2n) is 5.15. The van der Waals surface area contributed by atoms with E-state index in [4.69, 9.17) is 17.3 Å². The van der Waals surface area contributed by atoms with Crippen molar-refractivity contribution in [1.82, 2.24) is 5.32 Å². The Balaban J connectivity index is 1.83. The first-order chi connectivity index (χ1) is 9.59. The van der Waals surface area contributed by atoms with Crippen molar-refractivity contribution in [2.75, 3.05) is 0 Å². The van der Waals surface area contributed by atoms with Gasteiger partial charge in [-0.1, -0.05) is 23.7 Å². The number of rotatable bonds is 4. The zero-order valence-electron chi connectivity index (χ0n) is 10.9. The summed E-state index contributed by atoms with van der Waals surface area (Å²) in [6.45, 7) is 0.655. The van der Waals surface area contributed by atoms with E-state index in [1.54, 1.807) is 11.3 Å². The number of fused-ring (bicyclic) bond motifs is 1. The minimum atomic E-state index is -0.697. The molecule has 0 aliphatic heterocycles. The molecular weight excluding hydrogens is 292 g/mol. The molecule has 2 aromatic rings. The number of primary amides is 1. The van der Waals surface area contributed by atoms with Gasteiger partial charge < -0.3 is 5.73 Å². The lowest BCUT2D eigenvalue weighted by atomic mass is 9.94. The highest BCUT2D eigenvalue weighted by molar-refractivity contribution is 7.09. The quantitative estimate of drug-likeness (QED) is 0.912. The van der Waals surface area contributed by atoms with Crippen molar-refractivity contribution >= 4 is 28.8 Å². The fourth-order valence-corrected chi connectivity index (χ4v) is 3.54. The highest BCUT2D eigenvalue weighted by atomic mass is 35.5. The topological polar surface area (TPSA) is 55.1 Å². The fourth-order valence-electron chi connectivity index (χ4n) is 2.70. The minimum absolute atomic E-state index is 0.304. The van der Waals surface area contributed by atoms with E-state index in [0.717, 1.165) is 11.1 Å². The van der Waals surface area contributed by atoms with Crippen LogP contribution >= 0.6 is 22.9 Å². The van der Waals surface area contributed by atoms with Crippen molar-refractivity contribution in [3.63, 3.8) is 0 Å². The van der Waals surface area contributed by atoms with E-state index in [2.05, 4.69) is 5.32 Å². The first-order valence-corrected chi connectivity index (χ1v) is 7.69. The van der Waals surface area contributed by atoms with Gasteiger partial charge in [0.2, 0.25) is 5.91 Å². The van der Waals surface area contributed by atoms with Crippen LogP contribution in [0, 0.1) is 0 Å². The predicted octanol–water partition coefficient (Wildman–Crippen LogP) is 2.51. The van der Waals surface area contributed by atoms with E-state index >= 15 is 0 Å². The van der Waals surface area contributed by atoms with Crippen LogP contribution in [-0.2, 0) is 24.2 Å². The van der Waals surface area contributed by atoms with Crippen molar-refractivity contribution in [2.24, 2.45) is 5.73 Å². The fraction of sp³-hybridized carbons (Fsp3) is 0.267. The van der Waals surface area contributed by atoms with Gasteiger partial charge in [0.25, 0.3) is 0 Å². The minimum Gasteiger partial charge on any atom is -0.368 e. The van der Waals surface area contributed by atoms with E-state index in [0.29, 0.717) is 24.4 Å². The highest BCUT2D eigenvalue weighted by Gasteiger charge is 2.42. The second kappa shape index (κ2) is 5.20. The number of thiophene rings is 1. The number of nitrogens with two attached hydrogens (primary N) is 1. The summed E-state index contributed by atoms with van der Waals surface area (Å²) in [6, 6.07) is 9.81. The SMILES string of the molecule is NC(=O)C1(NCc2cccs2)Cc2ccc(Cl)cc2C1. The molecule has 1 aromatic heterocycles. The Morgan fingerprint density at radius 1 is 1.35 bits per heavy atom. The normalized spacial score (nSPS) is 20.9. The first kappa shape index (κ1) is 13.6. The van der Waals surface area contributed by atoms with Crippen LogP contribution in [0.3, 0.4) is 0 Å².